The van der Waals surface area contributed by atoms with E-state index in [0.29, 0.717) is 12.6 Å². The summed E-state index contributed by atoms with van der Waals surface area (Å²) in [6.45, 7) is 7.88. The van der Waals surface area contributed by atoms with E-state index in [1.54, 1.807) is 0 Å². The van der Waals surface area contributed by atoms with Crippen molar-refractivity contribution in [1.82, 2.24) is 5.32 Å². The number of nitrogens with one attached hydrogen (secondary N) is 1. The molecule has 0 aliphatic carbocycles. The van der Waals surface area contributed by atoms with Crippen LogP contribution in [0.4, 0.5) is 0 Å². The van der Waals surface area contributed by atoms with Gasteiger partial charge in [0, 0.05) is 12.6 Å². The minimum absolute atomic E-state index is 0.314. The third kappa shape index (κ3) is 4.10. The zero-order valence-corrected chi connectivity index (χ0v) is 12.5. The van der Waals surface area contributed by atoms with Gasteiger partial charge < -0.3 is 10.1 Å². The van der Waals surface area contributed by atoms with Crippen molar-refractivity contribution < 1.29 is 4.74 Å². The Hall–Kier alpha value is -1.80. The van der Waals surface area contributed by atoms with Gasteiger partial charge in [-0.2, -0.15) is 0 Å². The SMILES string of the molecule is Cc1cccc(C)c1OCC(C)NCc1ccccc1. The summed E-state index contributed by atoms with van der Waals surface area (Å²) in [5.41, 5.74) is 3.69. The number of hydrogen-bond donors (Lipinski definition) is 1. The van der Waals surface area contributed by atoms with Gasteiger partial charge in [0.05, 0.1) is 0 Å². The van der Waals surface area contributed by atoms with Crippen LogP contribution >= 0.6 is 0 Å². The molecule has 0 amide bonds. The molecule has 1 atom stereocenters. The van der Waals surface area contributed by atoms with E-state index in [-0.39, 0.29) is 0 Å². The van der Waals surface area contributed by atoms with E-state index in [9.17, 15) is 0 Å². The predicted octanol–water partition coefficient (Wildman–Crippen LogP) is 3.86. The number of aryl methyl sites for hydroxylation is 2. The molecular weight excluding hydrogens is 246 g/mol. The Morgan fingerprint density at radius 2 is 1.60 bits per heavy atom. The van der Waals surface area contributed by atoms with Gasteiger partial charge in [-0.3, -0.25) is 0 Å². The van der Waals surface area contributed by atoms with Gasteiger partial charge in [-0.1, -0.05) is 48.5 Å². The molecule has 2 rings (SSSR count). The Morgan fingerprint density at radius 3 is 2.25 bits per heavy atom. The number of benzene rings is 2. The molecular formula is C18H23NO. The van der Waals surface area contributed by atoms with Gasteiger partial charge in [0.15, 0.2) is 0 Å². The van der Waals surface area contributed by atoms with Crippen molar-refractivity contribution in [3.63, 3.8) is 0 Å². The molecule has 106 valence electrons. The molecule has 1 unspecified atom stereocenters. The molecule has 0 heterocycles. The first kappa shape index (κ1) is 14.6. The molecule has 0 fully saturated rings. The zero-order chi connectivity index (χ0) is 14.4. The van der Waals surface area contributed by atoms with Gasteiger partial charge in [0.25, 0.3) is 0 Å². The van der Waals surface area contributed by atoms with Crippen LogP contribution < -0.4 is 10.1 Å². The minimum atomic E-state index is 0.314. The van der Waals surface area contributed by atoms with Crippen molar-refractivity contribution in [3.05, 3.63) is 65.2 Å². The third-order valence-corrected chi connectivity index (χ3v) is 3.38. The average Bonchev–Trinajstić information content (AvgIpc) is 2.46. The van der Waals surface area contributed by atoms with Crippen molar-refractivity contribution in [2.24, 2.45) is 0 Å². The molecule has 2 aromatic rings. The molecule has 20 heavy (non-hydrogen) atoms. The molecule has 0 radical (unpaired) electrons. The lowest BCUT2D eigenvalue weighted by molar-refractivity contribution is 0.269. The van der Waals surface area contributed by atoms with E-state index in [1.165, 1.54) is 16.7 Å². The van der Waals surface area contributed by atoms with Gasteiger partial charge in [-0.15, -0.1) is 0 Å². The van der Waals surface area contributed by atoms with Crippen LogP contribution in [0.2, 0.25) is 0 Å². The lowest BCUT2D eigenvalue weighted by atomic mass is 10.1. The van der Waals surface area contributed by atoms with Gasteiger partial charge >= 0.3 is 0 Å². The lowest BCUT2D eigenvalue weighted by Crippen LogP contribution is -2.31. The third-order valence-electron chi connectivity index (χ3n) is 3.38. The molecule has 1 N–H and O–H groups in total. The largest absolute Gasteiger partial charge is 0.491 e. The molecule has 0 aliphatic heterocycles. The van der Waals surface area contributed by atoms with Crippen molar-refractivity contribution in [3.8, 4) is 5.75 Å². The van der Waals surface area contributed by atoms with Crippen molar-refractivity contribution in [1.29, 1.82) is 0 Å². The Labute approximate surface area is 121 Å². The molecule has 0 saturated carbocycles. The van der Waals surface area contributed by atoms with Gasteiger partial charge in [-0.05, 0) is 37.5 Å². The summed E-state index contributed by atoms with van der Waals surface area (Å²) < 4.78 is 5.96. The fourth-order valence-electron chi connectivity index (χ4n) is 2.18. The molecule has 2 heteroatoms. The second kappa shape index (κ2) is 7.11. The highest BCUT2D eigenvalue weighted by atomic mass is 16.5. The predicted molar refractivity (Wildman–Crippen MR) is 84.2 cm³/mol. The van der Waals surface area contributed by atoms with Crippen molar-refractivity contribution in [2.75, 3.05) is 6.61 Å². The minimum Gasteiger partial charge on any atom is -0.491 e. The summed E-state index contributed by atoms with van der Waals surface area (Å²) in [5, 5.41) is 3.48. The number of ether oxygens (including phenoxy) is 1. The highest BCUT2D eigenvalue weighted by molar-refractivity contribution is 5.39. The molecule has 2 nitrogen and oxygen atoms in total. The highest BCUT2D eigenvalue weighted by Gasteiger charge is 2.06. The molecule has 0 saturated heterocycles. The van der Waals surface area contributed by atoms with Crippen LogP contribution in [-0.4, -0.2) is 12.6 Å². The molecule has 0 spiro atoms. The van der Waals surface area contributed by atoms with Crippen LogP contribution in [0, 0.1) is 13.8 Å². The summed E-state index contributed by atoms with van der Waals surface area (Å²) in [6, 6.07) is 17.0. The van der Waals surface area contributed by atoms with E-state index >= 15 is 0 Å². The van der Waals surface area contributed by atoms with Crippen LogP contribution in [0.5, 0.6) is 5.75 Å². The number of rotatable bonds is 6. The smallest absolute Gasteiger partial charge is 0.125 e. The molecule has 0 aromatic heterocycles. The van der Waals surface area contributed by atoms with Crippen LogP contribution in [0.25, 0.3) is 0 Å². The van der Waals surface area contributed by atoms with Crippen LogP contribution in [0.1, 0.15) is 23.6 Å². The Bertz CT molecular complexity index is 516. The number of hydrogen-bond acceptors (Lipinski definition) is 2. The fraction of sp³-hybridized carbons (Fsp3) is 0.333. The van der Waals surface area contributed by atoms with E-state index in [0.717, 1.165) is 12.3 Å². The van der Waals surface area contributed by atoms with Gasteiger partial charge in [-0.25, -0.2) is 0 Å². The first-order valence-corrected chi connectivity index (χ1v) is 7.13. The van der Waals surface area contributed by atoms with E-state index in [1.807, 2.05) is 6.07 Å². The van der Waals surface area contributed by atoms with Gasteiger partial charge in [0.2, 0.25) is 0 Å². The Balaban J connectivity index is 1.82. The maximum absolute atomic E-state index is 5.96. The zero-order valence-electron chi connectivity index (χ0n) is 12.5. The van der Waals surface area contributed by atoms with Crippen LogP contribution in [-0.2, 0) is 6.54 Å². The molecule has 2 aromatic carbocycles. The van der Waals surface area contributed by atoms with Crippen LogP contribution in [0.3, 0.4) is 0 Å². The maximum atomic E-state index is 5.96. The Kier molecular flexibility index (Phi) is 5.19. The summed E-state index contributed by atoms with van der Waals surface area (Å²) in [6.07, 6.45) is 0. The molecule has 0 bridgehead atoms. The lowest BCUT2D eigenvalue weighted by Gasteiger charge is -2.17. The van der Waals surface area contributed by atoms with Crippen molar-refractivity contribution >= 4 is 0 Å². The van der Waals surface area contributed by atoms with E-state index in [4.69, 9.17) is 4.74 Å². The summed E-state index contributed by atoms with van der Waals surface area (Å²) >= 11 is 0. The van der Waals surface area contributed by atoms with E-state index < -0.39 is 0 Å². The monoisotopic (exact) mass is 269 g/mol. The normalized spacial score (nSPS) is 12.2. The van der Waals surface area contributed by atoms with Crippen LogP contribution in [0.15, 0.2) is 48.5 Å². The second-order valence-electron chi connectivity index (χ2n) is 5.30. The summed E-state index contributed by atoms with van der Waals surface area (Å²) in [7, 11) is 0. The fourth-order valence-corrected chi connectivity index (χ4v) is 2.18. The molecule has 0 aliphatic rings. The summed E-state index contributed by atoms with van der Waals surface area (Å²) in [5.74, 6) is 1.01. The standard InChI is InChI=1S/C18H23NO/c1-14-8-7-9-15(2)18(14)20-13-16(3)19-12-17-10-5-4-6-11-17/h4-11,16,19H,12-13H2,1-3H3. The number of para-hydroxylation sites is 1. The Morgan fingerprint density at radius 1 is 0.950 bits per heavy atom. The second-order valence-corrected chi connectivity index (χ2v) is 5.30. The quantitative estimate of drug-likeness (QED) is 0.859. The topological polar surface area (TPSA) is 21.3 Å². The van der Waals surface area contributed by atoms with E-state index in [2.05, 4.69) is 68.6 Å². The first-order valence-electron chi connectivity index (χ1n) is 7.13. The highest BCUT2D eigenvalue weighted by Crippen LogP contribution is 2.22. The van der Waals surface area contributed by atoms with Gasteiger partial charge in [0.1, 0.15) is 12.4 Å². The average molecular weight is 269 g/mol. The summed E-state index contributed by atoms with van der Waals surface area (Å²) in [4.78, 5) is 0. The maximum Gasteiger partial charge on any atom is 0.125 e. The first-order chi connectivity index (χ1) is 9.66. The van der Waals surface area contributed by atoms with Crippen molar-refractivity contribution in [2.45, 2.75) is 33.4 Å².